The highest BCUT2D eigenvalue weighted by molar-refractivity contribution is 6.18. The summed E-state index contributed by atoms with van der Waals surface area (Å²) in [4.78, 5) is 0. The molecule has 1 aliphatic heterocycles. The molecule has 3 N–H and O–H groups in total. The Morgan fingerprint density at radius 2 is 1.91 bits per heavy atom. The topological polar surface area (TPSA) is 69.9 Å². The molecule has 0 aromatic heterocycles. The second-order valence-electron chi connectivity index (χ2n) is 2.57. The average molecular weight is 183 g/mol. The Balaban J connectivity index is 2.52. The third-order valence-electron chi connectivity index (χ3n) is 1.76. The fraction of sp³-hybridized carbons (Fsp3) is 1.00. The Morgan fingerprint density at radius 3 is 2.45 bits per heavy atom. The van der Waals surface area contributed by atoms with Crippen LogP contribution in [0.5, 0.6) is 0 Å². The van der Waals surface area contributed by atoms with Crippen molar-refractivity contribution >= 4 is 11.6 Å². The molecule has 5 heteroatoms. The Morgan fingerprint density at radius 1 is 1.27 bits per heavy atom. The number of hydrogen-bond acceptors (Lipinski definition) is 4. The standard InChI is InChI=1S/C6H11ClO4/c7-1-4-6(10)5(9)3(8)2-11-4/h3-6,8-10H,1-2H2/t3-,4+,5+,6+/m0/s1. The van der Waals surface area contributed by atoms with E-state index >= 15 is 0 Å². The predicted molar refractivity (Wildman–Crippen MR) is 38.5 cm³/mol. The van der Waals surface area contributed by atoms with E-state index in [0.717, 1.165) is 0 Å². The van der Waals surface area contributed by atoms with E-state index in [1.165, 1.54) is 0 Å². The third kappa shape index (κ3) is 1.83. The minimum Gasteiger partial charge on any atom is -0.388 e. The predicted octanol–water partition coefficient (Wildman–Crippen LogP) is -1.29. The molecule has 1 heterocycles. The number of ether oxygens (including phenoxy) is 1. The summed E-state index contributed by atoms with van der Waals surface area (Å²) in [5.41, 5.74) is 0. The summed E-state index contributed by atoms with van der Waals surface area (Å²) < 4.78 is 4.93. The molecule has 1 saturated heterocycles. The fourth-order valence-corrected chi connectivity index (χ4v) is 1.27. The van der Waals surface area contributed by atoms with Gasteiger partial charge in [-0.05, 0) is 0 Å². The van der Waals surface area contributed by atoms with Crippen LogP contribution in [0.25, 0.3) is 0 Å². The SMILES string of the molecule is O[C@H]1[C@H](O)[C@@H](CCl)OC[C@@H]1O. The molecular formula is C6H11ClO4. The zero-order valence-corrected chi connectivity index (χ0v) is 6.61. The molecule has 0 unspecified atom stereocenters. The molecule has 0 saturated carbocycles. The normalized spacial score (nSPS) is 45.8. The molecule has 0 aromatic rings. The Labute approximate surface area is 69.4 Å². The second kappa shape index (κ2) is 3.69. The number of halogens is 1. The molecule has 0 spiro atoms. The summed E-state index contributed by atoms with van der Waals surface area (Å²) in [5.74, 6) is 0.116. The Kier molecular flexibility index (Phi) is 3.09. The van der Waals surface area contributed by atoms with E-state index in [0.29, 0.717) is 0 Å². The van der Waals surface area contributed by atoms with E-state index in [2.05, 4.69) is 0 Å². The van der Waals surface area contributed by atoms with Crippen LogP contribution in [0.3, 0.4) is 0 Å². The number of aliphatic hydroxyl groups is 3. The van der Waals surface area contributed by atoms with Crippen LogP contribution >= 0.6 is 11.6 Å². The molecule has 0 aliphatic carbocycles. The van der Waals surface area contributed by atoms with Crippen LogP contribution in [-0.4, -0.2) is 52.2 Å². The number of alkyl halides is 1. The van der Waals surface area contributed by atoms with Gasteiger partial charge in [-0.15, -0.1) is 11.6 Å². The average Bonchev–Trinajstić information content (AvgIpc) is 2.01. The highest BCUT2D eigenvalue weighted by Gasteiger charge is 2.36. The maximum atomic E-state index is 9.19. The molecule has 11 heavy (non-hydrogen) atoms. The van der Waals surface area contributed by atoms with Gasteiger partial charge in [-0.2, -0.15) is 0 Å². The zero-order valence-electron chi connectivity index (χ0n) is 5.85. The van der Waals surface area contributed by atoms with E-state index in [-0.39, 0.29) is 12.5 Å². The summed E-state index contributed by atoms with van der Waals surface area (Å²) in [6.45, 7) is 0.0234. The first kappa shape index (κ1) is 9.22. The molecule has 1 fully saturated rings. The number of rotatable bonds is 1. The van der Waals surface area contributed by atoms with Gasteiger partial charge in [0.15, 0.2) is 0 Å². The first-order chi connectivity index (χ1) is 5.16. The largest absolute Gasteiger partial charge is 0.388 e. The second-order valence-corrected chi connectivity index (χ2v) is 2.88. The van der Waals surface area contributed by atoms with Gasteiger partial charge in [-0.3, -0.25) is 0 Å². The lowest BCUT2D eigenvalue weighted by Crippen LogP contribution is -2.53. The van der Waals surface area contributed by atoms with Gasteiger partial charge in [0.1, 0.15) is 18.3 Å². The summed E-state index contributed by atoms with van der Waals surface area (Å²) in [6.07, 6.45) is -3.82. The van der Waals surface area contributed by atoms with Crippen molar-refractivity contribution in [2.75, 3.05) is 12.5 Å². The zero-order chi connectivity index (χ0) is 8.43. The first-order valence-corrected chi connectivity index (χ1v) is 3.92. The molecule has 0 amide bonds. The van der Waals surface area contributed by atoms with Crippen LogP contribution in [0.2, 0.25) is 0 Å². The lowest BCUT2D eigenvalue weighted by Gasteiger charge is -2.34. The molecule has 0 aromatic carbocycles. The van der Waals surface area contributed by atoms with Gasteiger partial charge in [0.25, 0.3) is 0 Å². The van der Waals surface area contributed by atoms with Crippen molar-refractivity contribution in [1.29, 1.82) is 0 Å². The van der Waals surface area contributed by atoms with Crippen molar-refractivity contribution in [1.82, 2.24) is 0 Å². The van der Waals surface area contributed by atoms with Gasteiger partial charge >= 0.3 is 0 Å². The summed E-state index contributed by atoms with van der Waals surface area (Å²) in [5, 5.41) is 27.3. The van der Waals surface area contributed by atoms with Crippen LogP contribution in [0.1, 0.15) is 0 Å². The van der Waals surface area contributed by atoms with Crippen molar-refractivity contribution < 1.29 is 20.1 Å². The third-order valence-corrected chi connectivity index (χ3v) is 2.06. The van der Waals surface area contributed by atoms with Crippen LogP contribution in [0.4, 0.5) is 0 Å². The summed E-state index contributed by atoms with van der Waals surface area (Å²) in [6, 6.07) is 0. The molecule has 1 rings (SSSR count). The monoisotopic (exact) mass is 182 g/mol. The molecule has 0 radical (unpaired) electrons. The van der Waals surface area contributed by atoms with Crippen LogP contribution in [0.15, 0.2) is 0 Å². The van der Waals surface area contributed by atoms with Crippen LogP contribution < -0.4 is 0 Å². The van der Waals surface area contributed by atoms with E-state index in [1.807, 2.05) is 0 Å². The lowest BCUT2D eigenvalue weighted by atomic mass is 10.0. The Bertz CT molecular complexity index is 130. The minimum atomic E-state index is -1.15. The minimum absolute atomic E-state index is 0.0234. The van der Waals surface area contributed by atoms with Gasteiger partial charge in [0.2, 0.25) is 0 Å². The molecule has 66 valence electrons. The van der Waals surface area contributed by atoms with Crippen molar-refractivity contribution in [2.45, 2.75) is 24.4 Å². The van der Waals surface area contributed by atoms with Crippen molar-refractivity contribution in [3.05, 3.63) is 0 Å². The van der Waals surface area contributed by atoms with E-state index in [9.17, 15) is 5.11 Å². The van der Waals surface area contributed by atoms with Crippen LogP contribution in [-0.2, 0) is 4.74 Å². The lowest BCUT2D eigenvalue weighted by molar-refractivity contribution is -0.180. The quantitative estimate of drug-likeness (QED) is 0.442. The number of hydrogen-bond donors (Lipinski definition) is 3. The molecule has 4 nitrogen and oxygen atoms in total. The van der Waals surface area contributed by atoms with Crippen LogP contribution in [0, 0.1) is 0 Å². The van der Waals surface area contributed by atoms with E-state index in [1.54, 1.807) is 0 Å². The fourth-order valence-electron chi connectivity index (χ4n) is 1.00. The summed E-state index contributed by atoms with van der Waals surface area (Å²) >= 11 is 5.41. The smallest absolute Gasteiger partial charge is 0.111 e. The highest BCUT2D eigenvalue weighted by atomic mass is 35.5. The van der Waals surface area contributed by atoms with Gasteiger partial charge in [0.05, 0.1) is 18.6 Å². The maximum absolute atomic E-state index is 9.19. The van der Waals surface area contributed by atoms with Gasteiger partial charge in [-0.1, -0.05) is 0 Å². The van der Waals surface area contributed by atoms with Crippen molar-refractivity contribution in [2.24, 2.45) is 0 Å². The van der Waals surface area contributed by atoms with Gasteiger partial charge in [-0.25, -0.2) is 0 Å². The maximum Gasteiger partial charge on any atom is 0.111 e. The van der Waals surface area contributed by atoms with E-state index in [4.69, 9.17) is 26.6 Å². The molecule has 0 bridgehead atoms. The highest BCUT2D eigenvalue weighted by Crippen LogP contribution is 2.16. The van der Waals surface area contributed by atoms with Gasteiger partial charge in [0, 0.05) is 0 Å². The number of aliphatic hydroxyl groups excluding tert-OH is 3. The molecule has 1 aliphatic rings. The van der Waals surface area contributed by atoms with Crippen molar-refractivity contribution in [3.8, 4) is 0 Å². The Hall–Kier alpha value is 0.130. The van der Waals surface area contributed by atoms with E-state index < -0.39 is 24.4 Å². The van der Waals surface area contributed by atoms with Crippen molar-refractivity contribution in [3.63, 3.8) is 0 Å². The molecule has 4 atom stereocenters. The summed E-state index contributed by atoms with van der Waals surface area (Å²) in [7, 11) is 0. The first-order valence-electron chi connectivity index (χ1n) is 3.38. The molecular weight excluding hydrogens is 172 g/mol. The van der Waals surface area contributed by atoms with Gasteiger partial charge < -0.3 is 20.1 Å².